The lowest BCUT2D eigenvalue weighted by molar-refractivity contribution is 0.627. The van der Waals surface area contributed by atoms with Crippen LogP contribution in [0.5, 0.6) is 0 Å². The Morgan fingerprint density at radius 2 is 2.06 bits per heavy atom. The third kappa shape index (κ3) is 2.41. The van der Waals surface area contributed by atoms with E-state index in [9.17, 15) is 4.39 Å². The second-order valence-electron chi connectivity index (χ2n) is 3.57. The largest absolute Gasteiger partial charge is 0.229 e. The monoisotopic (exact) mass is 296 g/mol. The second kappa shape index (κ2) is 4.75. The maximum atomic E-state index is 12.8. The van der Waals surface area contributed by atoms with Crippen LogP contribution in [-0.4, -0.2) is 20.2 Å². The summed E-state index contributed by atoms with van der Waals surface area (Å²) in [5.74, 6) is 0.329. The van der Waals surface area contributed by atoms with E-state index in [-0.39, 0.29) is 10.6 Å². The summed E-state index contributed by atoms with van der Waals surface area (Å²) >= 11 is 3.50. The molecule has 0 bridgehead atoms. The summed E-state index contributed by atoms with van der Waals surface area (Å²) < 4.78 is 14.4. The van der Waals surface area contributed by atoms with E-state index in [0.29, 0.717) is 5.82 Å². The van der Waals surface area contributed by atoms with E-state index in [0.717, 1.165) is 11.1 Å². The molecule has 0 N–H and O–H groups in total. The molecular formula is C11H10BrFN4. The van der Waals surface area contributed by atoms with Gasteiger partial charge in [0.15, 0.2) is 5.82 Å². The number of hydrogen-bond acceptors (Lipinski definition) is 3. The van der Waals surface area contributed by atoms with Gasteiger partial charge in [-0.2, -0.15) is 0 Å². The molecule has 1 aromatic heterocycles. The highest BCUT2D eigenvalue weighted by atomic mass is 79.9. The number of hydrogen-bond donors (Lipinski definition) is 0. The molecule has 0 aliphatic heterocycles. The van der Waals surface area contributed by atoms with E-state index in [4.69, 9.17) is 0 Å². The van der Waals surface area contributed by atoms with E-state index in [1.807, 2.05) is 0 Å². The van der Waals surface area contributed by atoms with Crippen molar-refractivity contribution < 1.29 is 4.39 Å². The van der Waals surface area contributed by atoms with Crippen LogP contribution in [-0.2, 0) is 7.05 Å². The number of halogens is 2. The summed E-state index contributed by atoms with van der Waals surface area (Å²) in [5, 5.41) is 11.2. The van der Waals surface area contributed by atoms with E-state index < -0.39 is 0 Å². The van der Waals surface area contributed by atoms with E-state index in [2.05, 4.69) is 38.0 Å². The van der Waals surface area contributed by atoms with Crippen LogP contribution in [0.1, 0.15) is 16.2 Å². The highest BCUT2D eigenvalue weighted by molar-refractivity contribution is 9.09. The van der Waals surface area contributed by atoms with Gasteiger partial charge < -0.3 is 0 Å². The lowest BCUT2D eigenvalue weighted by Crippen LogP contribution is -2.02. The molecular weight excluding hydrogens is 287 g/mol. The zero-order chi connectivity index (χ0) is 12.4. The summed E-state index contributed by atoms with van der Waals surface area (Å²) in [6.45, 7) is 3.95. The maximum Gasteiger partial charge on any atom is 0.178 e. The number of alkyl halides is 1. The predicted molar refractivity (Wildman–Crippen MR) is 65.9 cm³/mol. The first kappa shape index (κ1) is 11.9. The molecule has 6 heteroatoms. The normalized spacial score (nSPS) is 12.4. The molecule has 0 radical (unpaired) electrons. The van der Waals surface area contributed by atoms with Crippen LogP contribution < -0.4 is 0 Å². The smallest absolute Gasteiger partial charge is 0.178 e. The SMILES string of the molecule is C=C(c1nnnn1C)C(Br)c1ccc(F)cc1. The molecule has 1 atom stereocenters. The van der Waals surface area contributed by atoms with Crippen LogP contribution in [0, 0.1) is 5.82 Å². The fraction of sp³-hybridized carbons (Fsp3) is 0.182. The quantitative estimate of drug-likeness (QED) is 0.818. The average molecular weight is 297 g/mol. The molecule has 1 heterocycles. The Balaban J connectivity index is 2.26. The summed E-state index contributed by atoms with van der Waals surface area (Å²) in [5.41, 5.74) is 1.63. The molecule has 0 saturated heterocycles. The number of benzene rings is 1. The number of tetrazole rings is 1. The van der Waals surface area contributed by atoms with Gasteiger partial charge in [-0.05, 0) is 28.1 Å². The highest BCUT2D eigenvalue weighted by Gasteiger charge is 2.17. The number of allylic oxidation sites excluding steroid dienone is 1. The lowest BCUT2D eigenvalue weighted by atomic mass is 10.1. The minimum atomic E-state index is -0.264. The van der Waals surface area contributed by atoms with Gasteiger partial charge in [-0.3, -0.25) is 0 Å². The molecule has 0 spiro atoms. The van der Waals surface area contributed by atoms with Crippen molar-refractivity contribution in [1.29, 1.82) is 0 Å². The molecule has 0 saturated carbocycles. The summed E-state index contributed by atoms with van der Waals surface area (Å²) in [6, 6.07) is 6.21. The molecule has 2 aromatic rings. The summed E-state index contributed by atoms with van der Waals surface area (Å²) in [4.78, 5) is -0.146. The van der Waals surface area contributed by atoms with E-state index >= 15 is 0 Å². The van der Waals surface area contributed by atoms with Gasteiger partial charge in [0, 0.05) is 12.6 Å². The van der Waals surface area contributed by atoms with Gasteiger partial charge in [0.25, 0.3) is 0 Å². The van der Waals surface area contributed by atoms with Gasteiger partial charge in [0.1, 0.15) is 5.82 Å². The second-order valence-corrected chi connectivity index (χ2v) is 4.48. The first-order valence-electron chi connectivity index (χ1n) is 4.90. The van der Waals surface area contributed by atoms with Gasteiger partial charge in [-0.15, -0.1) is 5.10 Å². The van der Waals surface area contributed by atoms with Crippen LogP contribution in [0.15, 0.2) is 30.8 Å². The van der Waals surface area contributed by atoms with Crippen LogP contribution in [0.25, 0.3) is 5.57 Å². The van der Waals surface area contributed by atoms with Gasteiger partial charge >= 0.3 is 0 Å². The molecule has 0 fully saturated rings. The number of aromatic nitrogens is 4. The third-order valence-electron chi connectivity index (χ3n) is 2.38. The topological polar surface area (TPSA) is 43.6 Å². The van der Waals surface area contributed by atoms with Crippen LogP contribution in [0.3, 0.4) is 0 Å². The van der Waals surface area contributed by atoms with Crippen molar-refractivity contribution in [2.24, 2.45) is 7.05 Å². The van der Waals surface area contributed by atoms with Gasteiger partial charge in [-0.1, -0.05) is 34.6 Å². The standard InChI is InChI=1S/C11H10BrFN4/c1-7(11-14-15-16-17(11)2)10(12)8-3-5-9(13)6-4-8/h3-6,10H,1H2,2H3. The Labute approximate surface area is 106 Å². The van der Waals surface area contributed by atoms with Crippen molar-refractivity contribution in [1.82, 2.24) is 20.2 Å². The van der Waals surface area contributed by atoms with E-state index in [1.165, 1.54) is 12.1 Å². The Morgan fingerprint density at radius 3 is 2.59 bits per heavy atom. The van der Waals surface area contributed by atoms with Crippen LogP contribution in [0.2, 0.25) is 0 Å². The summed E-state index contributed by atoms with van der Waals surface area (Å²) in [7, 11) is 1.74. The van der Waals surface area contributed by atoms with Crippen molar-refractivity contribution in [2.45, 2.75) is 4.83 Å². The van der Waals surface area contributed by atoms with Crippen molar-refractivity contribution in [3.8, 4) is 0 Å². The van der Waals surface area contributed by atoms with Crippen molar-refractivity contribution in [3.63, 3.8) is 0 Å². The van der Waals surface area contributed by atoms with Crippen LogP contribution >= 0.6 is 15.9 Å². The first-order chi connectivity index (χ1) is 8.09. The number of aryl methyl sites for hydroxylation is 1. The maximum absolute atomic E-state index is 12.8. The molecule has 0 aliphatic carbocycles. The summed E-state index contributed by atoms with van der Waals surface area (Å²) in [6.07, 6.45) is 0. The Kier molecular flexibility index (Phi) is 3.33. The zero-order valence-electron chi connectivity index (χ0n) is 9.14. The van der Waals surface area contributed by atoms with Crippen molar-refractivity contribution in [3.05, 3.63) is 48.0 Å². The Hall–Kier alpha value is -1.56. The highest BCUT2D eigenvalue weighted by Crippen LogP contribution is 2.34. The Morgan fingerprint density at radius 1 is 1.41 bits per heavy atom. The fourth-order valence-corrected chi connectivity index (χ4v) is 1.96. The minimum Gasteiger partial charge on any atom is -0.229 e. The molecule has 4 nitrogen and oxygen atoms in total. The number of rotatable bonds is 3. The Bertz CT molecular complexity index is 535. The number of nitrogens with zero attached hydrogens (tertiary/aromatic N) is 4. The lowest BCUT2D eigenvalue weighted by Gasteiger charge is -2.11. The third-order valence-corrected chi connectivity index (χ3v) is 3.46. The van der Waals surface area contributed by atoms with Gasteiger partial charge in [0.05, 0.1) is 4.83 Å². The molecule has 17 heavy (non-hydrogen) atoms. The van der Waals surface area contributed by atoms with Crippen molar-refractivity contribution >= 4 is 21.5 Å². The molecule has 2 rings (SSSR count). The zero-order valence-corrected chi connectivity index (χ0v) is 10.7. The molecule has 0 aliphatic rings. The average Bonchev–Trinajstić information content (AvgIpc) is 2.74. The van der Waals surface area contributed by atoms with Crippen molar-refractivity contribution in [2.75, 3.05) is 0 Å². The molecule has 1 unspecified atom stereocenters. The molecule has 1 aromatic carbocycles. The molecule has 0 amide bonds. The van der Waals surface area contributed by atoms with E-state index in [1.54, 1.807) is 23.9 Å². The minimum absolute atomic E-state index is 0.146. The van der Waals surface area contributed by atoms with Gasteiger partial charge in [-0.25, -0.2) is 9.07 Å². The first-order valence-corrected chi connectivity index (χ1v) is 5.82. The van der Waals surface area contributed by atoms with Crippen LogP contribution in [0.4, 0.5) is 4.39 Å². The molecule has 88 valence electrons. The van der Waals surface area contributed by atoms with Gasteiger partial charge in [0.2, 0.25) is 0 Å². The predicted octanol–water partition coefficient (Wildman–Crippen LogP) is 2.50. The fourth-order valence-electron chi connectivity index (χ4n) is 1.45.